The van der Waals surface area contributed by atoms with Crippen LogP contribution >= 0.6 is 34.8 Å². The lowest BCUT2D eigenvalue weighted by Gasteiger charge is -2.38. The van der Waals surface area contributed by atoms with Crippen LogP contribution in [0.4, 0.5) is 0 Å². The fourth-order valence-electron chi connectivity index (χ4n) is 15.1. The van der Waals surface area contributed by atoms with E-state index >= 15 is 0 Å². The number of imidazole rings is 3. The third kappa shape index (κ3) is 17.7. The summed E-state index contributed by atoms with van der Waals surface area (Å²) in [7, 11) is -9.53. The van der Waals surface area contributed by atoms with E-state index in [1.54, 1.807) is 31.9 Å². The Morgan fingerprint density at radius 3 is 1.69 bits per heavy atom. The number of allylic oxidation sites excluding steroid dienone is 5. The monoisotopic (exact) mass is 1490 g/mol. The van der Waals surface area contributed by atoms with Gasteiger partial charge >= 0.3 is 0 Å². The molecule has 0 saturated carbocycles. The Morgan fingerprint density at radius 2 is 1.09 bits per heavy atom. The zero-order chi connectivity index (χ0) is 69.0. The molecule has 0 amide bonds. The third-order valence-corrected chi connectivity index (χ3v) is 24.6. The van der Waals surface area contributed by atoms with E-state index in [9.17, 15) is 25.3 Å². The van der Waals surface area contributed by atoms with E-state index < -0.39 is 30.1 Å². The van der Waals surface area contributed by atoms with Crippen LogP contribution in [0.15, 0.2) is 170 Å². The second kappa shape index (κ2) is 33.4. The number of hydrogen-bond acceptors (Lipinski definition) is 11. The van der Waals surface area contributed by atoms with Crippen molar-refractivity contribution in [3.8, 4) is 0 Å². The van der Waals surface area contributed by atoms with Crippen LogP contribution in [-0.2, 0) is 55.8 Å². The maximum absolute atomic E-state index is 12.1. The van der Waals surface area contributed by atoms with Crippen LogP contribution in [-0.4, -0.2) is 136 Å². The highest BCUT2D eigenvalue weighted by Crippen LogP contribution is 2.49. The van der Waals surface area contributed by atoms with Gasteiger partial charge in [0.2, 0.25) is 30.1 Å². The molecule has 18 nitrogen and oxygen atoms in total. The molecule has 15 rings (SSSR count). The van der Waals surface area contributed by atoms with Gasteiger partial charge in [-0.2, -0.15) is 6.20 Å². The van der Waals surface area contributed by atoms with Gasteiger partial charge < -0.3 is 20.3 Å². The van der Waals surface area contributed by atoms with Crippen LogP contribution in [0.3, 0.4) is 0 Å². The fraction of sp³-hybridized carbons (Fsp3) is 0.359. The number of aromatic amines is 3. The van der Waals surface area contributed by atoms with Crippen molar-refractivity contribution in [2.24, 2.45) is 11.8 Å². The minimum absolute atomic E-state index is 0. The first-order valence-electron chi connectivity index (χ1n) is 33.6. The molecule has 102 heavy (non-hydrogen) atoms. The van der Waals surface area contributed by atoms with E-state index in [2.05, 4.69) is 84.5 Å². The van der Waals surface area contributed by atoms with Gasteiger partial charge in [-0.05, 0) is 181 Å². The minimum atomic E-state index is -3.18. The molecule has 0 radical (unpaired) electrons. The summed E-state index contributed by atoms with van der Waals surface area (Å²) in [5.74, 6) is 0.835. The molecule has 2 aliphatic carbocycles. The van der Waals surface area contributed by atoms with Crippen molar-refractivity contribution in [3.63, 3.8) is 0 Å². The quantitative estimate of drug-likeness (QED) is 0.0816. The summed E-state index contributed by atoms with van der Waals surface area (Å²) in [4.78, 5) is 31.7. The maximum atomic E-state index is 12.1. The highest BCUT2D eigenvalue weighted by atomic mass is 35.5. The predicted molar refractivity (Wildman–Crippen MR) is 418 cm³/mol. The normalized spacial score (nSPS) is 17.7. The van der Waals surface area contributed by atoms with Crippen molar-refractivity contribution >= 4 is 110 Å². The number of aromatic nitrogens is 8. The van der Waals surface area contributed by atoms with Gasteiger partial charge in [0.05, 0.1) is 59.8 Å². The molecule has 1 atom stereocenters. The Hall–Kier alpha value is -7.70. The lowest BCUT2D eigenvalue weighted by atomic mass is 9.76. The SMILES string of the molecule is C.C.C.CS(=O)(=O)N1CCC(C2=C3[N-]C=CC=C3C(CCc3cnc[nH]3)=Cc3cc(Cl)ccc32)CC1.CS(=O)(=O)N1CCC(C2c3ccc(Cl)cc3C=C(CCc3cnc[nH]3)c3cccnc32)CC1.CS(=O)(=O)N1CCC(c2c3ncccc3c(CCc3cnc[nH]3)c[c+]3cc(Cl)ccc23)CC1. The van der Waals surface area contributed by atoms with E-state index in [1.807, 2.05) is 91.8 Å². The van der Waals surface area contributed by atoms with E-state index in [0.717, 1.165) is 149 Å². The zero-order valence-corrected chi connectivity index (χ0v) is 60.2. The van der Waals surface area contributed by atoms with Gasteiger partial charge in [0, 0.05) is 151 Å². The minimum Gasteiger partial charge on any atom is -0.663 e. The van der Waals surface area contributed by atoms with E-state index in [0.29, 0.717) is 60.3 Å². The average molecular weight is 1500 g/mol. The summed E-state index contributed by atoms with van der Waals surface area (Å²) >= 11 is 19.2. The van der Waals surface area contributed by atoms with Crippen molar-refractivity contribution in [3.05, 3.63) is 252 Å². The summed E-state index contributed by atoms with van der Waals surface area (Å²) in [6.07, 6.45) is 38.5. The number of sulfonamides is 3. The molecule has 5 aromatic heterocycles. The average Bonchev–Trinajstić information content (AvgIpc) is 1.52. The molecule has 4 aromatic carbocycles. The molecule has 3 fully saturated rings. The molecule has 3 N–H and O–H groups in total. The molecule has 538 valence electrons. The van der Waals surface area contributed by atoms with Crippen molar-refractivity contribution in [1.82, 2.24) is 52.8 Å². The second-order valence-corrected chi connectivity index (χ2v) is 33.6. The number of fused-ring (bicyclic) bond motifs is 6. The Bertz CT molecular complexity index is 4970. The number of pyridine rings is 2. The standard InChI is InChI=1S/C25H27ClN4O2S.2C25H26ClN4O2S.3CH4/c3*1-33(31,32)30-11-8-17(9-12-30)24-22-7-5-20(26)14-19(22)13-18(4-6-21-15-27-16-29-21)23-3-2-10-28-25(23)24;;;/h2-3,5,7,10,13-17,24H,4,6,8-9,11-12H2,1H3,(H,27,29);2*2-3,5,7,10,13-17H,4,6,8-9,11-12H2,1H3,(H,27,29);3*1H4/q;-1;+1;;;. The van der Waals surface area contributed by atoms with Gasteiger partial charge in [-0.15, -0.1) is 5.70 Å². The number of benzene rings is 3. The van der Waals surface area contributed by atoms with Gasteiger partial charge in [0.15, 0.2) is 0 Å². The number of nitrogens with zero attached hydrogens (tertiary/aromatic N) is 9. The van der Waals surface area contributed by atoms with Crippen LogP contribution in [0.25, 0.3) is 50.3 Å². The van der Waals surface area contributed by atoms with Crippen molar-refractivity contribution in [2.45, 2.75) is 111 Å². The molecule has 9 aromatic rings. The van der Waals surface area contributed by atoms with Crippen molar-refractivity contribution in [2.75, 3.05) is 58.0 Å². The van der Waals surface area contributed by atoms with Gasteiger partial charge in [0.1, 0.15) is 10.5 Å². The smallest absolute Gasteiger partial charge is 0.211 e. The summed E-state index contributed by atoms with van der Waals surface area (Å²) in [5.41, 5.74) is 19.2. The number of nitrogens with one attached hydrogen (secondary N) is 3. The summed E-state index contributed by atoms with van der Waals surface area (Å²) in [5, 5.41) is 10.3. The number of H-pyrrole nitrogens is 3. The molecule has 0 bridgehead atoms. The highest BCUT2D eigenvalue weighted by molar-refractivity contribution is 7.88. The molecule has 9 heterocycles. The number of hydrogen-bond donors (Lipinski definition) is 3. The molecule has 0 spiro atoms. The first-order valence-corrected chi connectivity index (χ1v) is 40.3. The number of rotatable bonds is 15. The number of piperidine rings is 3. The lowest BCUT2D eigenvalue weighted by molar-refractivity contribution is 0.256. The van der Waals surface area contributed by atoms with Crippen LogP contribution in [0.2, 0.25) is 15.1 Å². The van der Waals surface area contributed by atoms with Gasteiger partial charge in [-0.1, -0.05) is 93.6 Å². The zero-order valence-electron chi connectivity index (χ0n) is 55.5. The van der Waals surface area contributed by atoms with Crippen LogP contribution in [0.1, 0.15) is 147 Å². The molecule has 6 aliphatic rings. The molecule has 1 unspecified atom stereocenters. The second-order valence-electron chi connectivity index (χ2n) is 26.4. The third-order valence-electron chi connectivity index (χ3n) is 20.0. The maximum Gasteiger partial charge on any atom is 0.211 e. The Balaban J connectivity index is 0.000000162. The molecular formula is C78H91Cl3N12O6S3. The Kier molecular flexibility index (Phi) is 25.2. The Morgan fingerprint density at radius 1 is 0.559 bits per heavy atom. The number of aryl methyl sites for hydroxylation is 4. The van der Waals surface area contributed by atoms with Crippen LogP contribution in [0.5, 0.6) is 0 Å². The summed E-state index contributed by atoms with van der Waals surface area (Å²) in [6.45, 7) is 3.20. The molecular weight excluding hydrogens is 1400 g/mol. The van der Waals surface area contributed by atoms with Crippen molar-refractivity contribution in [1.29, 1.82) is 0 Å². The summed E-state index contributed by atoms with van der Waals surface area (Å²) in [6, 6.07) is 28.7. The first kappa shape index (κ1) is 76.9. The fourth-order valence-corrected chi connectivity index (χ4v) is 18.3. The van der Waals surface area contributed by atoms with Gasteiger partial charge in [0.25, 0.3) is 0 Å². The van der Waals surface area contributed by atoms with Crippen molar-refractivity contribution < 1.29 is 25.3 Å². The van der Waals surface area contributed by atoms with Crippen LogP contribution in [0, 0.1) is 11.8 Å². The molecule has 24 heteroatoms. The molecule has 4 aliphatic heterocycles. The first-order chi connectivity index (χ1) is 47.7. The largest absolute Gasteiger partial charge is 0.663 e. The number of halogens is 3. The van der Waals surface area contributed by atoms with Crippen LogP contribution < -0.4 is 0 Å². The van der Waals surface area contributed by atoms with E-state index in [-0.39, 0.29) is 40.0 Å². The lowest BCUT2D eigenvalue weighted by Crippen LogP contribution is -2.39. The van der Waals surface area contributed by atoms with E-state index in [1.165, 1.54) is 57.7 Å². The summed E-state index contributed by atoms with van der Waals surface area (Å²) < 4.78 is 77.1. The molecule has 3 saturated heterocycles. The predicted octanol–water partition coefficient (Wildman–Crippen LogP) is 16.9. The van der Waals surface area contributed by atoms with E-state index in [4.69, 9.17) is 50.1 Å². The highest BCUT2D eigenvalue weighted by Gasteiger charge is 2.37. The Labute approximate surface area is 616 Å². The van der Waals surface area contributed by atoms with Gasteiger partial charge in [-0.3, -0.25) is 4.98 Å². The topological polar surface area (TPSA) is 238 Å². The van der Waals surface area contributed by atoms with Gasteiger partial charge in [-0.25, -0.2) is 58.1 Å².